The Morgan fingerprint density at radius 2 is 2.16 bits per heavy atom. The van der Waals surface area contributed by atoms with Crippen molar-refractivity contribution in [3.8, 4) is 0 Å². The zero-order valence-electron chi connectivity index (χ0n) is 11.6. The van der Waals surface area contributed by atoms with Gasteiger partial charge in [0.15, 0.2) is 0 Å². The Hall–Kier alpha value is -1.55. The van der Waals surface area contributed by atoms with Gasteiger partial charge in [-0.25, -0.2) is 4.79 Å². The van der Waals surface area contributed by atoms with Crippen molar-refractivity contribution in [3.05, 3.63) is 29.8 Å². The van der Waals surface area contributed by atoms with E-state index in [4.69, 9.17) is 10.5 Å². The number of hydrogen-bond donors (Lipinski definition) is 1. The molecule has 1 atom stereocenters. The Labute approximate surface area is 114 Å². The van der Waals surface area contributed by atoms with Crippen LogP contribution in [0.4, 0.5) is 10.5 Å². The molecule has 1 aliphatic rings. The first-order valence-corrected chi connectivity index (χ1v) is 6.90. The fourth-order valence-electron chi connectivity index (χ4n) is 2.59. The molecule has 104 valence electrons. The summed E-state index contributed by atoms with van der Waals surface area (Å²) in [6.07, 6.45) is 1.40. The number of cyclic esters (lactones) is 1. The second-order valence-corrected chi connectivity index (χ2v) is 5.22. The fourth-order valence-corrected chi connectivity index (χ4v) is 2.59. The van der Waals surface area contributed by atoms with Gasteiger partial charge in [0.2, 0.25) is 0 Å². The van der Waals surface area contributed by atoms with E-state index in [0.29, 0.717) is 19.1 Å². The summed E-state index contributed by atoms with van der Waals surface area (Å²) in [7, 11) is 0. The Balaban J connectivity index is 2.38. The molecule has 0 bridgehead atoms. The summed E-state index contributed by atoms with van der Waals surface area (Å²) in [6.45, 7) is 5.33. The molecule has 1 aromatic rings. The maximum Gasteiger partial charge on any atom is 0.414 e. The van der Waals surface area contributed by atoms with Gasteiger partial charge in [0.25, 0.3) is 0 Å². The van der Waals surface area contributed by atoms with Crippen molar-refractivity contribution < 1.29 is 9.53 Å². The highest BCUT2D eigenvalue weighted by atomic mass is 16.6. The number of nitrogens with two attached hydrogens (primary N) is 1. The monoisotopic (exact) mass is 262 g/mol. The van der Waals surface area contributed by atoms with E-state index in [2.05, 4.69) is 19.9 Å². The van der Waals surface area contributed by atoms with E-state index in [9.17, 15) is 4.79 Å². The third-order valence-electron chi connectivity index (χ3n) is 3.56. The largest absolute Gasteiger partial charge is 0.449 e. The van der Waals surface area contributed by atoms with E-state index in [1.807, 2.05) is 18.2 Å². The molecule has 1 aromatic carbocycles. The van der Waals surface area contributed by atoms with Gasteiger partial charge in [-0.2, -0.15) is 0 Å². The molecule has 2 rings (SSSR count). The van der Waals surface area contributed by atoms with Crippen LogP contribution in [0.5, 0.6) is 0 Å². The van der Waals surface area contributed by atoms with Crippen LogP contribution in [0.2, 0.25) is 0 Å². The van der Waals surface area contributed by atoms with Gasteiger partial charge in [-0.3, -0.25) is 4.90 Å². The molecule has 1 unspecified atom stereocenters. The third-order valence-corrected chi connectivity index (χ3v) is 3.56. The molecule has 1 fully saturated rings. The average Bonchev–Trinajstić information content (AvgIpc) is 2.39. The van der Waals surface area contributed by atoms with Crippen molar-refractivity contribution in [2.24, 2.45) is 5.73 Å². The number of ether oxygens (including phenoxy) is 1. The van der Waals surface area contributed by atoms with E-state index in [-0.39, 0.29) is 12.1 Å². The second kappa shape index (κ2) is 6.06. The summed E-state index contributed by atoms with van der Waals surface area (Å²) < 4.78 is 5.20. The number of benzene rings is 1. The molecular weight excluding hydrogens is 240 g/mol. The van der Waals surface area contributed by atoms with E-state index < -0.39 is 0 Å². The topological polar surface area (TPSA) is 55.6 Å². The van der Waals surface area contributed by atoms with Gasteiger partial charge >= 0.3 is 6.09 Å². The molecule has 0 radical (unpaired) electrons. The fraction of sp³-hybridized carbons (Fsp3) is 0.533. The SMILES string of the molecule is CC(C)c1ccccc1N1C(=O)OCCC1CCN. The quantitative estimate of drug-likeness (QED) is 0.907. The lowest BCUT2D eigenvalue weighted by atomic mass is 9.98. The van der Waals surface area contributed by atoms with E-state index in [1.165, 1.54) is 5.56 Å². The maximum absolute atomic E-state index is 12.1. The summed E-state index contributed by atoms with van der Waals surface area (Å²) in [5, 5.41) is 0. The van der Waals surface area contributed by atoms with Crippen LogP contribution in [0.15, 0.2) is 24.3 Å². The minimum Gasteiger partial charge on any atom is -0.449 e. The van der Waals surface area contributed by atoms with Crippen LogP contribution in [0.25, 0.3) is 0 Å². The second-order valence-electron chi connectivity index (χ2n) is 5.22. The lowest BCUT2D eigenvalue weighted by molar-refractivity contribution is 0.128. The molecule has 4 heteroatoms. The molecule has 0 saturated carbocycles. The van der Waals surface area contributed by atoms with Gasteiger partial charge in [-0.1, -0.05) is 32.0 Å². The molecular formula is C15H22N2O2. The van der Waals surface area contributed by atoms with E-state index in [0.717, 1.165) is 18.5 Å². The molecule has 1 heterocycles. The summed E-state index contributed by atoms with van der Waals surface area (Å²) in [6, 6.07) is 8.17. The van der Waals surface area contributed by atoms with Crippen molar-refractivity contribution in [3.63, 3.8) is 0 Å². The lowest BCUT2D eigenvalue weighted by Crippen LogP contribution is -2.47. The molecule has 1 saturated heterocycles. The zero-order chi connectivity index (χ0) is 13.8. The van der Waals surface area contributed by atoms with Gasteiger partial charge in [0, 0.05) is 12.5 Å². The van der Waals surface area contributed by atoms with Crippen LogP contribution < -0.4 is 10.6 Å². The Bertz CT molecular complexity index is 444. The highest BCUT2D eigenvalue weighted by molar-refractivity contribution is 5.90. The van der Waals surface area contributed by atoms with Crippen molar-refractivity contribution in [1.29, 1.82) is 0 Å². The molecule has 1 aliphatic heterocycles. The Morgan fingerprint density at radius 3 is 2.84 bits per heavy atom. The van der Waals surface area contributed by atoms with Crippen LogP contribution in [0.3, 0.4) is 0 Å². The molecule has 0 spiro atoms. The number of para-hydroxylation sites is 1. The number of rotatable bonds is 4. The average molecular weight is 262 g/mol. The predicted octanol–water partition coefficient (Wildman–Crippen LogP) is 2.87. The number of nitrogens with zero attached hydrogens (tertiary/aromatic N) is 1. The first-order valence-electron chi connectivity index (χ1n) is 6.90. The number of carbonyl (C=O) groups is 1. The summed E-state index contributed by atoms with van der Waals surface area (Å²) >= 11 is 0. The minimum absolute atomic E-state index is 0.145. The van der Waals surface area contributed by atoms with Crippen LogP contribution in [0, 0.1) is 0 Å². The molecule has 4 nitrogen and oxygen atoms in total. The highest BCUT2D eigenvalue weighted by Gasteiger charge is 2.31. The molecule has 2 N–H and O–H groups in total. The molecule has 19 heavy (non-hydrogen) atoms. The van der Waals surface area contributed by atoms with Crippen molar-refractivity contribution >= 4 is 11.8 Å². The van der Waals surface area contributed by atoms with Gasteiger partial charge in [0.1, 0.15) is 0 Å². The molecule has 1 amide bonds. The standard InChI is InChI=1S/C15H22N2O2/c1-11(2)13-5-3-4-6-14(13)17-12(7-9-16)8-10-19-15(17)18/h3-6,11-12H,7-10,16H2,1-2H3. The summed E-state index contributed by atoms with van der Waals surface area (Å²) in [5.74, 6) is 0.365. The smallest absolute Gasteiger partial charge is 0.414 e. The predicted molar refractivity (Wildman–Crippen MR) is 76.4 cm³/mol. The van der Waals surface area contributed by atoms with Crippen molar-refractivity contribution in [1.82, 2.24) is 0 Å². The summed E-state index contributed by atoms with van der Waals surface area (Å²) in [4.78, 5) is 13.9. The normalized spacial score (nSPS) is 19.7. The first-order chi connectivity index (χ1) is 9.15. The van der Waals surface area contributed by atoms with Gasteiger partial charge in [0.05, 0.1) is 12.3 Å². The van der Waals surface area contributed by atoms with E-state index in [1.54, 1.807) is 4.90 Å². The summed E-state index contributed by atoms with van der Waals surface area (Å²) in [5.41, 5.74) is 7.79. The number of amides is 1. The van der Waals surface area contributed by atoms with Crippen LogP contribution in [-0.2, 0) is 4.74 Å². The molecule has 0 aromatic heterocycles. The Kier molecular flexibility index (Phi) is 4.43. The van der Waals surface area contributed by atoms with Crippen LogP contribution >= 0.6 is 0 Å². The third kappa shape index (κ3) is 2.89. The zero-order valence-corrected chi connectivity index (χ0v) is 11.6. The highest BCUT2D eigenvalue weighted by Crippen LogP contribution is 2.32. The molecule has 0 aliphatic carbocycles. The van der Waals surface area contributed by atoms with E-state index >= 15 is 0 Å². The minimum atomic E-state index is -0.252. The number of carbonyl (C=O) groups excluding carboxylic acids is 1. The van der Waals surface area contributed by atoms with Crippen molar-refractivity contribution in [2.45, 2.75) is 38.6 Å². The van der Waals surface area contributed by atoms with Crippen molar-refractivity contribution in [2.75, 3.05) is 18.1 Å². The first kappa shape index (κ1) is 13.9. The van der Waals surface area contributed by atoms with Crippen LogP contribution in [-0.4, -0.2) is 25.3 Å². The van der Waals surface area contributed by atoms with Gasteiger partial charge < -0.3 is 10.5 Å². The lowest BCUT2D eigenvalue weighted by Gasteiger charge is -2.36. The van der Waals surface area contributed by atoms with Crippen LogP contribution in [0.1, 0.15) is 38.2 Å². The van der Waals surface area contributed by atoms with Gasteiger partial charge in [-0.15, -0.1) is 0 Å². The maximum atomic E-state index is 12.1. The van der Waals surface area contributed by atoms with Gasteiger partial charge in [-0.05, 0) is 30.5 Å². The number of hydrogen-bond acceptors (Lipinski definition) is 3. The Morgan fingerprint density at radius 1 is 1.42 bits per heavy atom. The number of anilines is 1.